The lowest BCUT2D eigenvalue weighted by Crippen LogP contribution is -2.32. The van der Waals surface area contributed by atoms with Crippen molar-refractivity contribution in [1.29, 1.82) is 0 Å². The molecule has 5 nitrogen and oxygen atoms in total. The Labute approximate surface area is 109 Å². The molecule has 0 atom stereocenters. The van der Waals surface area contributed by atoms with Crippen LogP contribution in [0.2, 0.25) is 0 Å². The number of carbonyl (C=O) groups excluding carboxylic acids is 1. The topological polar surface area (TPSA) is 66.8 Å². The summed E-state index contributed by atoms with van der Waals surface area (Å²) in [7, 11) is 0. The zero-order valence-corrected chi connectivity index (χ0v) is 10.3. The molecule has 0 saturated carbocycles. The summed E-state index contributed by atoms with van der Waals surface area (Å²) < 4.78 is 18.5. The van der Waals surface area contributed by atoms with Crippen LogP contribution >= 0.6 is 0 Å². The van der Waals surface area contributed by atoms with Crippen molar-refractivity contribution in [2.45, 2.75) is 12.8 Å². The Bertz CT molecular complexity index is 497. The Hall–Kier alpha value is -2.11. The van der Waals surface area contributed by atoms with Gasteiger partial charge in [-0.15, -0.1) is 0 Å². The third kappa shape index (κ3) is 3.21. The molecule has 1 saturated heterocycles. The Kier molecular flexibility index (Phi) is 3.99. The average molecular weight is 267 g/mol. The number of amides is 1. The second-order valence-electron chi connectivity index (χ2n) is 4.32. The van der Waals surface area contributed by atoms with Gasteiger partial charge in [-0.1, -0.05) is 0 Å². The van der Waals surface area contributed by atoms with Crippen LogP contribution < -0.4 is 4.74 Å². The molecule has 102 valence electrons. The number of likely N-dealkylation sites (tertiary alicyclic amines) is 1. The van der Waals surface area contributed by atoms with Crippen molar-refractivity contribution in [3.63, 3.8) is 0 Å². The summed E-state index contributed by atoms with van der Waals surface area (Å²) in [5.74, 6) is -2.20. The van der Waals surface area contributed by atoms with Gasteiger partial charge in [-0.05, 0) is 25.0 Å². The molecule has 0 bridgehead atoms. The molecule has 1 heterocycles. The lowest BCUT2D eigenvalue weighted by molar-refractivity contribution is -0.132. The van der Waals surface area contributed by atoms with Gasteiger partial charge in [0.2, 0.25) is 0 Å². The maximum absolute atomic E-state index is 13.4. The van der Waals surface area contributed by atoms with Crippen molar-refractivity contribution in [1.82, 2.24) is 4.90 Å². The molecule has 2 rings (SSSR count). The van der Waals surface area contributed by atoms with Gasteiger partial charge in [0.15, 0.2) is 6.61 Å². The summed E-state index contributed by atoms with van der Waals surface area (Å²) in [4.78, 5) is 24.0. The Morgan fingerprint density at radius 2 is 2.00 bits per heavy atom. The van der Waals surface area contributed by atoms with Gasteiger partial charge in [-0.3, -0.25) is 4.79 Å². The molecule has 0 unspecified atom stereocenters. The number of hydrogen-bond acceptors (Lipinski definition) is 3. The largest absolute Gasteiger partial charge is 0.484 e. The van der Waals surface area contributed by atoms with E-state index in [4.69, 9.17) is 9.84 Å². The van der Waals surface area contributed by atoms with Gasteiger partial charge in [-0.2, -0.15) is 0 Å². The Morgan fingerprint density at radius 3 is 2.58 bits per heavy atom. The summed E-state index contributed by atoms with van der Waals surface area (Å²) in [6.07, 6.45) is 1.99. The fourth-order valence-electron chi connectivity index (χ4n) is 1.96. The van der Waals surface area contributed by atoms with Gasteiger partial charge in [-0.25, -0.2) is 9.18 Å². The summed E-state index contributed by atoms with van der Waals surface area (Å²) in [5.41, 5.74) is -0.418. The first-order valence-corrected chi connectivity index (χ1v) is 6.01. The average Bonchev–Trinajstić information content (AvgIpc) is 2.89. The molecule has 1 aromatic carbocycles. The molecule has 1 fully saturated rings. The van der Waals surface area contributed by atoms with Gasteiger partial charge < -0.3 is 14.7 Å². The number of hydrogen-bond donors (Lipinski definition) is 1. The quantitative estimate of drug-likeness (QED) is 0.898. The number of benzene rings is 1. The maximum atomic E-state index is 13.4. The van der Waals surface area contributed by atoms with Gasteiger partial charge in [0, 0.05) is 19.2 Å². The number of aromatic carboxylic acids is 1. The van der Waals surface area contributed by atoms with E-state index < -0.39 is 17.3 Å². The first-order chi connectivity index (χ1) is 9.08. The van der Waals surface area contributed by atoms with Crippen LogP contribution in [0.25, 0.3) is 0 Å². The van der Waals surface area contributed by atoms with Crippen molar-refractivity contribution in [3.05, 3.63) is 29.6 Å². The normalized spacial score (nSPS) is 14.5. The van der Waals surface area contributed by atoms with E-state index in [1.807, 2.05) is 0 Å². The predicted molar refractivity (Wildman–Crippen MR) is 64.7 cm³/mol. The minimum absolute atomic E-state index is 0.139. The number of carboxylic acids is 1. The Morgan fingerprint density at radius 1 is 1.32 bits per heavy atom. The molecule has 0 aliphatic carbocycles. The summed E-state index contributed by atoms with van der Waals surface area (Å²) >= 11 is 0. The van der Waals surface area contributed by atoms with Gasteiger partial charge >= 0.3 is 5.97 Å². The van der Waals surface area contributed by atoms with Crippen molar-refractivity contribution < 1.29 is 23.8 Å². The zero-order chi connectivity index (χ0) is 13.8. The number of carboxylic acid groups (broad SMARTS) is 1. The van der Waals surface area contributed by atoms with E-state index in [0.29, 0.717) is 0 Å². The van der Waals surface area contributed by atoms with Crippen LogP contribution in [0.1, 0.15) is 23.2 Å². The molecule has 1 N–H and O–H groups in total. The number of carbonyl (C=O) groups is 2. The zero-order valence-electron chi connectivity index (χ0n) is 10.3. The van der Waals surface area contributed by atoms with E-state index in [0.717, 1.165) is 38.1 Å². The third-order valence-electron chi connectivity index (χ3n) is 2.99. The summed E-state index contributed by atoms with van der Waals surface area (Å²) in [6.45, 7) is 1.30. The smallest absolute Gasteiger partial charge is 0.338 e. The van der Waals surface area contributed by atoms with Crippen molar-refractivity contribution in [2.24, 2.45) is 0 Å². The predicted octanol–water partition coefficient (Wildman–Crippen LogP) is 1.53. The molecule has 0 aromatic heterocycles. The number of rotatable bonds is 4. The summed E-state index contributed by atoms with van der Waals surface area (Å²) in [6, 6.07) is 3.43. The first kappa shape index (κ1) is 13.3. The monoisotopic (exact) mass is 267 g/mol. The van der Waals surface area contributed by atoms with E-state index in [2.05, 4.69) is 0 Å². The third-order valence-corrected chi connectivity index (χ3v) is 2.99. The first-order valence-electron chi connectivity index (χ1n) is 6.01. The molecular formula is C13H14FNO4. The minimum atomic E-state index is -1.34. The van der Waals surface area contributed by atoms with Gasteiger partial charge in [0.1, 0.15) is 11.6 Å². The highest BCUT2D eigenvalue weighted by atomic mass is 19.1. The second-order valence-corrected chi connectivity index (χ2v) is 4.32. The van der Waals surface area contributed by atoms with Crippen LogP contribution in [-0.4, -0.2) is 41.6 Å². The van der Waals surface area contributed by atoms with Gasteiger partial charge in [0.05, 0.1) is 5.56 Å². The van der Waals surface area contributed by atoms with Crippen LogP contribution in [0, 0.1) is 5.82 Å². The molecule has 0 radical (unpaired) electrons. The second kappa shape index (κ2) is 5.69. The van der Waals surface area contributed by atoms with E-state index in [-0.39, 0.29) is 18.3 Å². The van der Waals surface area contributed by atoms with Crippen LogP contribution in [-0.2, 0) is 4.79 Å². The Balaban J connectivity index is 1.94. The fraction of sp³-hybridized carbons (Fsp3) is 0.385. The van der Waals surface area contributed by atoms with E-state index in [9.17, 15) is 14.0 Å². The highest BCUT2D eigenvalue weighted by molar-refractivity contribution is 5.88. The molecule has 1 amide bonds. The highest BCUT2D eigenvalue weighted by Crippen LogP contribution is 2.17. The standard InChI is InChI=1S/C13H14FNO4/c14-11-7-9(3-4-10(11)13(17)18)19-8-12(16)15-5-1-2-6-15/h3-4,7H,1-2,5-6,8H2,(H,17,18). The van der Waals surface area contributed by atoms with Crippen molar-refractivity contribution in [2.75, 3.05) is 19.7 Å². The SMILES string of the molecule is O=C(O)c1ccc(OCC(=O)N2CCCC2)cc1F. The van der Waals surface area contributed by atoms with E-state index in [1.165, 1.54) is 6.07 Å². The van der Waals surface area contributed by atoms with Crippen LogP contribution in [0.3, 0.4) is 0 Å². The number of nitrogens with zero attached hydrogens (tertiary/aromatic N) is 1. The lowest BCUT2D eigenvalue weighted by atomic mass is 10.2. The molecule has 6 heteroatoms. The molecule has 1 aliphatic rings. The van der Waals surface area contributed by atoms with E-state index in [1.54, 1.807) is 4.90 Å². The molecular weight excluding hydrogens is 253 g/mol. The van der Waals surface area contributed by atoms with Crippen molar-refractivity contribution in [3.8, 4) is 5.75 Å². The number of ether oxygens (including phenoxy) is 1. The fourth-order valence-corrected chi connectivity index (χ4v) is 1.96. The van der Waals surface area contributed by atoms with E-state index >= 15 is 0 Å². The minimum Gasteiger partial charge on any atom is -0.484 e. The highest BCUT2D eigenvalue weighted by Gasteiger charge is 2.18. The molecule has 1 aromatic rings. The lowest BCUT2D eigenvalue weighted by Gasteiger charge is -2.15. The van der Waals surface area contributed by atoms with Crippen LogP contribution in [0.4, 0.5) is 4.39 Å². The molecule has 1 aliphatic heterocycles. The summed E-state index contributed by atoms with van der Waals surface area (Å²) in [5, 5.41) is 8.68. The van der Waals surface area contributed by atoms with Crippen molar-refractivity contribution >= 4 is 11.9 Å². The van der Waals surface area contributed by atoms with Crippen LogP contribution in [0.15, 0.2) is 18.2 Å². The van der Waals surface area contributed by atoms with Crippen LogP contribution in [0.5, 0.6) is 5.75 Å². The maximum Gasteiger partial charge on any atom is 0.338 e. The van der Waals surface area contributed by atoms with Gasteiger partial charge in [0.25, 0.3) is 5.91 Å². The molecule has 0 spiro atoms. The molecule has 19 heavy (non-hydrogen) atoms. The number of halogens is 1.